The quantitative estimate of drug-likeness (QED) is 0.588. The average molecular weight is 186 g/mol. The minimum atomic E-state index is 0.471. The van der Waals surface area contributed by atoms with Gasteiger partial charge in [-0.05, 0) is 24.5 Å². The molecular weight excluding hydrogens is 172 g/mol. The van der Waals surface area contributed by atoms with Crippen LogP contribution >= 0.6 is 0 Å². The molecule has 1 aromatic rings. The highest BCUT2D eigenvalue weighted by Crippen LogP contribution is 2.42. The first-order valence-corrected chi connectivity index (χ1v) is 5.45. The average Bonchev–Trinajstić information content (AvgIpc) is 2.29. The second kappa shape index (κ2) is 3.19. The number of hydrogen-bond acceptors (Lipinski definition) is 2. The fourth-order valence-electron chi connectivity index (χ4n) is 2.64. The molecule has 14 heavy (non-hydrogen) atoms. The van der Waals surface area contributed by atoms with Gasteiger partial charge < -0.3 is 0 Å². The Morgan fingerprint density at radius 3 is 2.93 bits per heavy atom. The van der Waals surface area contributed by atoms with Crippen molar-refractivity contribution in [2.24, 2.45) is 10.2 Å². The monoisotopic (exact) mass is 186 g/mol. The number of benzene rings is 1. The van der Waals surface area contributed by atoms with E-state index >= 15 is 0 Å². The number of nitrogens with zero attached hydrogens (tertiary/aromatic N) is 2. The molecule has 0 aromatic heterocycles. The summed E-state index contributed by atoms with van der Waals surface area (Å²) in [6.45, 7) is 0. The van der Waals surface area contributed by atoms with Crippen LogP contribution in [0.2, 0.25) is 0 Å². The van der Waals surface area contributed by atoms with E-state index in [-0.39, 0.29) is 0 Å². The second-order valence-corrected chi connectivity index (χ2v) is 4.23. The maximum absolute atomic E-state index is 4.42. The molecule has 1 saturated carbocycles. The molecule has 1 aromatic carbocycles. The van der Waals surface area contributed by atoms with Gasteiger partial charge >= 0.3 is 0 Å². The Morgan fingerprint density at radius 1 is 1.07 bits per heavy atom. The van der Waals surface area contributed by atoms with Crippen LogP contribution in [0.25, 0.3) is 0 Å². The fourth-order valence-corrected chi connectivity index (χ4v) is 2.64. The first-order valence-electron chi connectivity index (χ1n) is 5.45. The number of azo groups is 1. The molecule has 0 N–H and O–H groups in total. The Hall–Kier alpha value is -1.18. The van der Waals surface area contributed by atoms with Crippen molar-refractivity contribution in [2.75, 3.05) is 0 Å². The highest BCUT2D eigenvalue weighted by Gasteiger charge is 2.30. The molecule has 2 atom stereocenters. The maximum atomic E-state index is 4.42. The lowest BCUT2D eigenvalue weighted by molar-refractivity contribution is 0.370. The normalized spacial score (nSPS) is 29.4. The number of rotatable bonds is 0. The van der Waals surface area contributed by atoms with Crippen molar-refractivity contribution in [3.8, 4) is 0 Å². The minimum absolute atomic E-state index is 0.471. The van der Waals surface area contributed by atoms with Gasteiger partial charge in [-0.2, -0.15) is 10.2 Å². The van der Waals surface area contributed by atoms with Crippen LogP contribution in [0.5, 0.6) is 0 Å². The van der Waals surface area contributed by atoms with Crippen molar-refractivity contribution >= 4 is 5.69 Å². The molecule has 0 bridgehead atoms. The van der Waals surface area contributed by atoms with Crippen LogP contribution in [-0.2, 0) is 0 Å². The van der Waals surface area contributed by atoms with E-state index in [1.807, 2.05) is 6.07 Å². The molecule has 2 aliphatic rings. The van der Waals surface area contributed by atoms with Gasteiger partial charge in [0.15, 0.2) is 0 Å². The van der Waals surface area contributed by atoms with Gasteiger partial charge in [-0.3, -0.25) is 0 Å². The number of hydrogen-bond donors (Lipinski definition) is 0. The molecule has 1 heterocycles. The van der Waals surface area contributed by atoms with E-state index in [1.165, 1.54) is 31.2 Å². The topological polar surface area (TPSA) is 24.7 Å². The van der Waals surface area contributed by atoms with Gasteiger partial charge in [0.1, 0.15) is 0 Å². The molecule has 1 aliphatic heterocycles. The third-order valence-corrected chi connectivity index (χ3v) is 3.38. The van der Waals surface area contributed by atoms with Crippen molar-refractivity contribution < 1.29 is 0 Å². The summed E-state index contributed by atoms with van der Waals surface area (Å²) in [7, 11) is 0. The van der Waals surface area contributed by atoms with Crippen LogP contribution in [0.3, 0.4) is 0 Å². The summed E-state index contributed by atoms with van der Waals surface area (Å²) < 4.78 is 0. The second-order valence-electron chi connectivity index (χ2n) is 4.23. The summed E-state index contributed by atoms with van der Waals surface area (Å²) in [5.74, 6) is 0.650. The van der Waals surface area contributed by atoms with Crippen molar-refractivity contribution in [3.05, 3.63) is 29.8 Å². The van der Waals surface area contributed by atoms with Crippen molar-refractivity contribution in [1.29, 1.82) is 0 Å². The molecule has 72 valence electrons. The van der Waals surface area contributed by atoms with E-state index < -0.39 is 0 Å². The van der Waals surface area contributed by atoms with Crippen molar-refractivity contribution in [1.82, 2.24) is 0 Å². The van der Waals surface area contributed by atoms with Crippen molar-refractivity contribution in [2.45, 2.75) is 37.6 Å². The van der Waals surface area contributed by atoms with E-state index in [0.29, 0.717) is 12.0 Å². The van der Waals surface area contributed by atoms with E-state index in [0.717, 1.165) is 5.69 Å². The maximum Gasteiger partial charge on any atom is 0.0888 e. The van der Waals surface area contributed by atoms with Crippen LogP contribution in [0, 0.1) is 0 Å². The molecule has 3 rings (SSSR count). The fraction of sp³-hybridized carbons (Fsp3) is 0.500. The first kappa shape index (κ1) is 8.16. The Labute approximate surface area is 84.1 Å². The van der Waals surface area contributed by atoms with Crippen LogP contribution in [0.15, 0.2) is 34.5 Å². The largest absolute Gasteiger partial charge is 0.185 e. The van der Waals surface area contributed by atoms with E-state index in [9.17, 15) is 0 Å². The van der Waals surface area contributed by atoms with Crippen LogP contribution in [0.4, 0.5) is 5.69 Å². The zero-order valence-electron chi connectivity index (χ0n) is 8.19. The van der Waals surface area contributed by atoms with Gasteiger partial charge in [0.05, 0.1) is 11.7 Å². The lowest BCUT2D eigenvalue weighted by Gasteiger charge is -2.31. The van der Waals surface area contributed by atoms with Crippen LogP contribution in [-0.4, -0.2) is 6.04 Å². The summed E-state index contributed by atoms with van der Waals surface area (Å²) in [6, 6.07) is 8.92. The molecule has 1 fully saturated rings. The Kier molecular flexibility index (Phi) is 1.86. The van der Waals surface area contributed by atoms with E-state index in [2.05, 4.69) is 28.4 Å². The molecule has 0 amide bonds. The molecule has 2 unspecified atom stereocenters. The molecule has 2 nitrogen and oxygen atoms in total. The van der Waals surface area contributed by atoms with Gasteiger partial charge in [0, 0.05) is 5.92 Å². The summed E-state index contributed by atoms with van der Waals surface area (Å²) in [5.41, 5.74) is 2.52. The number of fused-ring (bicyclic) bond motifs is 3. The van der Waals surface area contributed by atoms with Gasteiger partial charge in [-0.1, -0.05) is 31.0 Å². The summed E-state index contributed by atoms with van der Waals surface area (Å²) in [5, 5.41) is 8.72. The highest BCUT2D eigenvalue weighted by molar-refractivity contribution is 5.49. The molecule has 0 spiro atoms. The zero-order chi connectivity index (χ0) is 9.38. The lowest BCUT2D eigenvalue weighted by atomic mass is 9.79. The summed E-state index contributed by atoms with van der Waals surface area (Å²) in [6.07, 6.45) is 5.19. The van der Waals surface area contributed by atoms with Crippen molar-refractivity contribution in [3.63, 3.8) is 0 Å². The third kappa shape index (κ3) is 1.17. The smallest absolute Gasteiger partial charge is 0.0888 e. The Morgan fingerprint density at radius 2 is 1.93 bits per heavy atom. The SMILES string of the molecule is c1ccc2c(c1)N=NC1CCCCC21. The molecular formula is C12H14N2. The summed E-state index contributed by atoms with van der Waals surface area (Å²) in [4.78, 5) is 0. The highest BCUT2D eigenvalue weighted by atomic mass is 15.1. The lowest BCUT2D eigenvalue weighted by Crippen LogP contribution is -2.22. The van der Waals surface area contributed by atoms with Gasteiger partial charge in [-0.25, -0.2) is 0 Å². The van der Waals surface area contributed by atoms with Crippen LogP contribution in [0.1, 0.15) is 37.2 Å². The predicted molar refractivity (Wildman–Crippen MR) is 56.0 cm³/mol. The molecule has 2 heteroatoms. The minimum Gasteiger partial charge on any atom is -0.185 e. The van der Waals surface area contributed by atoms with Gasteiger partial charge in [-0.15, -0.1) is 0 Å². The first-order chi connectivity index (χ1) is 6.95. The van der Waals surface area contributed by atoms with E-state index in [1.54, 1.807) is 0 Å². The van der Waals surface area contributed by atoms with Gasteiger partial charge in [0.2, 0.25) is 0 Å². The van der Waals surface area contributed by atoms with Gasteiger partial charge in [0.25, 0.3) is 0 Å². The Balaban J connectivity index is 2.05. The Bertz CT molecular complexity index is 370. The molecule has 1 aliphatic carbocycles. The zero-order valence-corrected chi connectivity index (χ0v) is 8.19. The predicted octanol–water partition coefficient (Wildman–Crippen LogP) is 3.81. The standard InChI is InChI=1S/C12H14N2/c1-3-7-11-9(5-1)10-6-2-4-8-12(10)14-13-11/h1,3,5,7,10,12H,2,4,6,8H2. The molecule has 0 saturated heterocycles. The van der Waals surface area contributed by atoms with Crippen LogP contribution < -0.4 is 0 Å². The third-order valence-electron chi connectivity index (χ3n) is 3.38. The van der Waals surface area contributed by atoms with E-state index in [4.69, 9.17) is 0 Å². The molecule has 0 radical (unpaired) electrons. The summed E-state index contributed by atoms with van der Waals surface area (Å²) >= 11 is 0.